The Bertz CT molecular complexity index is 952. The molecule has 0 aliphatic rings. The number of aryl methyl sites for hydroxylation is 1. The van der Waals surface area contributed by atoms with Gasteiger partial charge in [-0.3, -0.25) is 14.9 Å². The van der Waals surface area contributed by atoms with E-state index in [0.717, 1.165) is 0 Å². The van der Waals surface area contributed by atoms with Crippen molar-refractivity contribution in [1.29, 1.82) is 5.26 Å². The number of rotatable bonds is 6. The summed E-state index contributed by atoms with van der Waals surface area (Å²) in [6, 6.07) is 10.5. The topological polar surface area (TPSA) is 135 Å². The number of carbonyl (C=O) groups is 3. The fourth-order valence-electron chi connectivity index (χ4n) is 2.35. The molecule has 27 heavy (non-hydrogen) atoms. The van der Waals surface area contributed by atoms with E-state index in [1.807, 2.05) is 0 Å². The van der Waals surface area contributed by atoms with Crippen LogP contribution in [0.15, 0.2) is 40.3 Å². The van der Waals surface area contributed by atoms with Gasteiger partial charge < -0.3 is 14.9 Å². The summed E-state index contributed by atoms with van der Waals surface area (Å²) in [5.41, 5.74) is 5.28. The Morgan fingerprint density at radius 2 is 1.93 bits per heavy atom. The quantitative estimate of drug-likeness (QED) is 0.457. The molecule has 2 amide bonds. The number of nitriles is 1. The average molecular weight is 367 g/mol. The van der Waals surface area contributed by atoms with Gasteiger partial charge in [-0.15, -0.1) is 0 Å². The lowest BCUT2D eigenvalue weighted by molar-refractivity contribution is -0.112. The SMILES string of the molecule is CCOC(=O)c1c(C)oc(NC(=O)/C(C#N)=C/c2ccccc2)c1C(N)=O. The third-order valence-electron chi connectivity index (χ3n) is 3.51. The molecule has 0 saturated heterocycles. The number of nitrogens with zero attached hydrogens (tertiary/aromatic N) is 1. The maximum atomic E-state index is 12.4. The molecule has 0 fully saturated rings. The first-order chi connectivity index (χ1) is 12.9. The number of furan rings is 1. The van der Waals surface area contributed by atoms with Gasteiger partial charge in [-0.05, 0) is 25.5 Å². The summed E-state index contributed by atoms with van der Waals surface area (Å²) in [6.07, 6.45) is 1.38. The average Bonchev–Trinajstić information content (AvgIpc) is 2.96. The van der Waals surface area contributed by atoms with Gasteiger partial charge in [0.2, 0.25) is 5.88 Å². The lowest BCUT2D eigenvalue weighted by atomic mass is 10.1. The summed E-state index contributed by atoms with van der Waals surface area (Å²) >= 11 is 0. The van der Waals surface area contributed by atoms with Crippen LogP contribution in [0, 0.1) is 18.3 Å². The molecule has 2 aromatic rings. The van der Waals surface area contributed by atoms with E-state index in [1.54, 1.807) is 43.3 Å². The number of benzene rings is 1. The molecule has 0 bridgehead atoms. The van der Waals surface area contributed by atoms with Crippen LogP contribution in [0.2, 0.25) is 0 Å². The molecule has 0 unspecified atom stereocenters. The van der Waals surface area contributed by atoms with E-state index in [0.29, 0.717) is 5.56 Å². The Morgan fingerprint density at radius 1 is 1.26 bits per heavy atom. The molecular weight excluding hydrogens is 350 g/mol. The molecule has 2 rings (SSSR count). The molecule has 0 atom stereocenters. The van der Waals surface area contributed by atoms with Crippen molar-refractivity contribution in [2.45, 2.75) is 13.8 Å². The third-order valence-corrected chi connectivity index (χ3v) is 3.51. The number of carbonyl (C=O) groups excluding carboxylic acids is 3. The number of nitrogens with two attached hydrogens (primary N) is 1. The van der Waals surface area contributed by atoms with Gasteiger partial charge in [0.25, 0.3) is 11.8 Å². The lowest BCUT2D eigenvalue weighted by Gasteiger charge is -2.04. The van der Waals surface area contributed by atoms with Crippen molar-refractivity contribution in [2.75, 3.05) is 11.9 Å². The van der Waals surface area contributed by atoms with Crippen molar-refractivity contribution in [1.82, 2.24) is 0 Å². The van der Waals surface area contributed by atoms with E-state index < -0.39 is 17.8 Å². The fourth-order valence-corrected chi connectivity index (χ4v) is 2.35. The smallest absolute Gasteiger partial charge is 0.342 e. The minimum Gasteiger partial charge on any atom is -0.462 e. The number of nitrogens with one attached hydrogen (secondary N) is 1. The molecule has 1 heterocycles. The second-order valence-electron chi connectivity index (χ2n) is 5.36. The number of amides is 2. The summed E-state index contributed by atoms with van der Waals surface area (Å²) < 4.78 is 10.2. The molecule has 8 heteroatoms. The minimum atomic E-state index is -0.976. The van der Waals surface area contributed by atoms with Crippen LogP contribution in [-0.2, 0) is 9.53 Å². The van der Waals surface area contributed by atoms with Crippen LogP contribution in [0.25, 0.3) is 6.08 Å². The lowest BCUT2D eigenvalue weighted by Crippen LogP contribution is -2.20. The van der Waals surface area contributed by atoms with Crippen molar-refractivity contribution in [3.8, 4) is 6.07 Å². The number of anilines is 1. The van der Waals surface area contributed by atoms with Crippen LogP contribution in [0.5, 0.6) is 0 Å². The zero-order chi connectivity index (χ0) is 20.0. The first-order valence-corrected chi connectivity index (χ1v) is 7.97. The van der Waals surface area contributed by atoms with E-state index in [-0.39, 0.29) is 35.0 Å². The Balaban J connectivity index is 2.39. The van der Waals surface area contributed by atoms with Crippen LogP contribution >= 0.6 is 0 Å². The molecule has 1 aromatic heterocycles. The molecule has 0 spiro atoms. The van der Waals surface area contributed by atoms with E-state index in [9.17, 15) is 19.6 Å². The molecule has 0 aliphatic heterocycles. The van der Waals surface area contributed by atoms with Crippen LogP contribution in [0.1, 0.15) is 39.0 Å². The maximum Gasteiger partial charge on any atom is 0.342 e. The van der Waals surface area contributed by atoms with Crippen molar-refractivity contribution >= 4 is 29.7 Å². The van der Waals surface area contributed by atoms with Crippen LogP contribution in [-0.4, -0.2) is 24.4 Å². The van der Waals surface area contributed by atoms with Gasteiger partial charge in [0.1, 0.15) is 28.5 Å². The molecule has 0 aliphatic carbocycles. The van der Waals surface area contributed by atoms with Crippen molar-refractivity contribution in [3.05, 3.63) is 58.4 Å². The first-order valence-electron chi connectivity index (χ1n) is 7.97. The summed E-state index contributed by atoms with van der Waals surface area (Å²) in [4.78, 5) is 36.3. The Morgan fingerprint density at radius 3 is 2.48 bits per heavy atom. The van der Waals surface area contributed by atoms with E-state index in [2.05, 4.69) is 5.32 Å². The number of hydrogen-bond donors (Lipinski definition) is 2. The number of esters is 1. The van der Waals surface area contributed by atoms with E-state index in [1.165, 1.54) is 13.0 Å². The van der Waals surface area contributed by atoms with E-state index >= 15 is 0 Å². The first kappa shape index (κ1) is 19.5. The molecule has 0 saturated carbocycles. The zero-order valence-electron chi connectivity index (χ0n) is 14.7. The Hall–Kier alpha value is -3.86. The highest BCUT2D eigenvalue weighted by Gasteiger charge is 2.29. The molecular formula is C19H17N3O5. The van der Waals surface area contributed by atoms with Crippen molar-refractivity contribution in [3.63, 3.8) is 0 Å². The Kier molecular flexibility index (Phi) is 6.12. The monoisotopic (exact) mass is 367 g/mol. The molecule has 0 radical (unpaired) electrons. The minimum absolute atomic E-state index is 0.0584. The number of hydrogen-bond acceptors (Lipinski definition) is 6. The van der Waals surface area contributed by atoms with E-state index in [4.69, 9.17) is 14.9 Å². The van der Waals surface area contributed by atoms with Crippen molar-refractivity contribution in [2.24, 2.45) is 5.73 Å². The predicted molar refractivity (Wildman–Crippen MR) is 96.6 cm³/mol. The number of ether oxygens (including phenoxy) is 1. The van der Waals surface area contributed by atoms with Crippen LogP contribution < -0.4 is 11.1 Å². The predicted octanol–water partition coefficient (Wildman–Crippen LogP) is 2.41. The van der Waals surface area contributed by atoms with Gasteiger partial charge in [-0.2, -0.15) is 5.26 Å². The van der Waals surface area contributed by atoms with Gasteiger partial charge in [0.15, 0.2) is 0 Å². The third kappa shape index (κ3) is 4.41. The Labute approximate surface area is 155 Å². The summed E-state index contributed by atoms with van der Waals surface area (Å²) in [5, 5.41) is 11.6. The van der Waals surface area contributed by atoms with Crippen LogP contribution in [0.4, 0.5) is 5.88 Å². The maximum absolute atomic E-state index is 12.4. The fraction of sp³-hybridized carbons (Fsp3) is 0.158. The molecule has 8 nitrogen and oxygen atoms in total. The molecule has 1 aromatic carbocycles. The number of primary amides is 1. The molecule has 3 N–H and O–H groups in total. The van der Waals surface area contributed by atoms with Gasteiger partial charge in [0, 0.05) is 0 Å². The highest BCUT2D eigenvalue weighted by Crippen LogP contribution is 2.28. The highest BCUT2D eigenvalue weighted by molar-refractivity contribution is 6.14. The van der Waals surface area contributed by atoms with Crippen LogP contribution in [0.3, 0.4) is 0 Å². The summed E-state index contributed by atoms with van der Waals surface area (Å²) in [7, 11) is 0. The standard InChI is InChI=1S/C19H17N3O5/c1-3-26-19(25)14-11(2)27-18(15(14)16(21)23)22-17(24)13(10-20)9-12-7-5-4-6-8-12/h4-9H,3H2,1-2H3,(H2,21,23)(H,22,24)/b13-9+. The summed E-state index contributed by atoms with van der Waals surface area (Å²) in [5.74, 6) is -2.84. The van der Waals surface area contributed by atoms with Crippen molar-refractivity contribution < 1.29 is 23.5 Å². The van der Waals surface area contributed by atoms with Gasteiger partial charge >= 0.3 is 5.97 Å². The van der Waals surface area contributed by atoms with Gasteiger partial charge in [0.05, 0.1) is 6.61 Å². The normalized spacial score (nSPS) is 10.8. The zero-order valence-corrected chi connectivity index (χ0v) is 14.7. The van der Waals surface area contributed by atoms with Gasteiger partial charge in [-0.25, -0.2) is 4.79 Å². The van der Waals surface area contributed by atoms with Gasteiger partial charge in [-0.1, -0.05) is 30.3 Å². The largest absolute Gasteiger partial charge is 0.462 e. The highest BCUT2D eigenvalue weighted by atomic mass is 16.5. The summed E-state index contributed by atoms with van der Waals surface area (Å²) in [6.45, 7) is 3.12. The second-order valence-corrected chi connectivity index (χ2v) is 5.36. The second kappa shape index (κ2) is 8.49. The molecule has 138 valence electrons.